The van der Waals surface area contributed by atoms with Gasteiger partial charge in [0.2, 0.25) is 5.91 Å². The number of allylic oxidation sites excluding steroid dienone is 3. The summed E-state index contributed by atoms with van der Waals surface area (Å²) in [6, 6.07) is 13.7. The van der Waals surface area contributed by atoms with E-state index in [4.69, 9.17) is 11.6 Å². The topological polar surface area (TPSA) is 82.0 Å². The van der Waals surface area contributed by atoms with Gasteiger partial charge in [-0.25, -0.2) is 0 Å². The number of halogens is 1. The van der Waals surface area contributed by atoms with Crippen molar-refractivity contribution in [2.75, 3.05) is 11.1 Å². The molecular weight excluding hydrogens is 490 g/mol. The summed E-state index contributed by atoms with van der Waals surface area (Å²) in [6.45, 7) is 10.1. The van der Waals surface area contributed by atoms with Crippen LogP contribution in [0.25, 0.3) is 0 Å². The molecule has 2 aromatic carbocycles. The van der Waals surface area contributed by atoms with Gasteiger partial charge in [-0.15, -0.1) is 0 Å². The third-order valence-corrected chi connectivity index (χ3v) is 7.89. The van der Waals surface area contributed by atoms with Crippen LogP contribution in [-0.2, 0) is 9.59 Å². The maximum atomic E-state index is 13.3. The molecule has 1 atom stereocenters. The number of carbonyl (C=O) groups is 2. The number of Topliss-reactive ketones (excluding diaryl/α,β-unsaturated/α-hetero) is 1. The van der Waals surface area contributed by atoms with Crippen LogP contribution in [0.15, 0.2) is 58.3 Å². The largest absolute Gasteiger partial charge is 0.352 e. The molecule has 2 aromatic rings. The van der Waals surface area contributed by atoms with Gasteiger partial charge < -0.3 is 10.6 Å². The molecule has 1 aliphatic carbocycles. The number of carbonyl (C=O) groups excluding carboxylic acids is 2. The number of dihydropyridines is 1. The van der Waals surface area contributed by atoms with Crippen LogP contribution in [0, 0.1) is 37.5 Å². The molecule has 7 heteroatoms. The van der Waals surface area contributed by atoms with Crippen LogP contribution >= 0.6 is 23.4 Å². The van der Waals surface area contributed by atoms with Gasteiger partial charge in [0.25, 0.3) is 0 Å². The lowest BCUT2D eigenvalue weighted by molar-refractivity contribution is -0.118. The second-order valence-corrected chi connectivity index (χ2v) is 11.8. The van der Waals surface area contributed by atoms with Gasteiger partial charge in [-0.2, -0.15) is 5.26 Å². The smallest absolute Gasteiger partial charge is 0.234 e. The van der Waals surface area contributed by atoms with Crippen LogP contribution in [-0.4, -0.2) is 17.4 Å². The Hall–Kier alpha value is -3.01. The number of hydrogen-bond donors (Lipinski definition) is 2. The van der Waals surface area contributed by atoms with Crippen molar-refractivity contribution in [2.24, 2.45) is 5.41 Å². The number of thioether (sulfide) groups is 1. The maximum absolute atomic E-state index is 13.3. The average molecular weight is 520 g/mol. The van der Waals surface area contributed by atoms with E-state index in [-0.39, 0.29) is 22.9 Å². The minimum Gasteiger partial charge on any atom is -0.352 e. The number of rotatable bonds is 5. The van der Waals surface area contributed by atoms with Crippen LogP contribution in [0.4, 0.5) is 5.69 Å². The van der Waals surface area contributed by atoms with Gasteiger partial charge in [0.1, 0.15) is 0 Å². The number of ketones is 1. The maximum Gasteiger partial charge on any atom is 0.234 e. The van der Waals surface area contributed by atoms with Crippen molar-refractivity contribution in [3.8, 4) is 6.07 Å². The van der Waals surface area contributed by atoms with E-state index in [1.807, 2.05) is 45.0 Å². The summed E-state index contributed by atoms with van der Waals surface area (Å²) < 4.78 is 0. The molecule has 2 N–H and O–H groups in total. The first-order chi connectivity index (χ1) is 17.0. The molecule has 0 saturated heterocycles. The lowest BCUT2D eigenvalue weighted by atomic mass is 9.69. The minimum atomic E-state index is -0.487. The number of nitriles is 1. The minimum absolute atomic E-state index is 0.0496. The van der Waals surface area contributed by atoms with Crippen molar-refractivity contribution < 1.29 is 9.59 Å². The van der Waals surface area contributed by atoms with Crippen molar-refractivity contribution in [2.45, 2.75) is 53.4 Å². The predicted molar refractivity (Wildman–Crippen MR) is 147 cm³/mol. The summed E-state index contributed by atoms with van der Waals surface area (Å²) in [5, 5.41) is 17.8. The highest BCUT2D eigenvalue weighted by Crippen LogP contribution is 2.48. The molecule has 0 bridgehead atoms. The molecular formula is C29H30ClN3O2S. The Labute approximate surface area is 222 Å². The Morgan fingerprint density at radius 1 is 1.17 bits per heavy atom. The summed E-state index contributed by atoms with van der Waals surface area (Å²) in [5.41, 5.74) is 6.58. The van der Waals surface area contributed by atoms with Crippen molar-refractivity contribution in [3.05, 3.63) is 85.5 Å². The van der Waals surface area contributed by atoms with Gasteiger partial charge in [-0.1, -0.05) is 67.0 Å². The van der Waals surface area contributed by atoms with Gasteiger partial charge >= 0.3 is 0 Å². The number of amides is 1. The summed E-state index contributed by atoms with van der Waals surface area (Å²) >= 11 is 7.41. The van der Waals surface area contributed by atoms with E-state index >= 15 is 0 Å². The fourth-order valence-corrected chi connectivity index (χ4v) is 6.16. The second-order valence-electron chi connectivity index (χ2n) is 10.4. The number of nitrogens with zero attached hydrogens (tertiary/aromatic N) is 1. The fraction of sp³-hybridized carbons (Fsp3) is 0.345. The Balaban J connectivity index is 1.65. The van der Waals surface area contributed by atoms with Gasteiger partial charge in [0.15, 0.2) is 5.78 Å². The molecule has 186 valence electrons. The molecule has 0 radical (unpaired) electrons. The zero-order chi connectivity index (χ0) is 26.2. The van der Waals surface area contributed by atoms with Gasteiger partial charge in [-0.3, -0.25) is 9.59 Å². The molecule has 1 unspecified atom stereocenters. The molecule has 0 aromatic heterocycles. The highest BCUT2D eigenvalue weighted by molar-refractivity contribution is 8.03. The number of anilines is 1. The number of hydrogen-bond acceptors (Lipinski definition) is 5. The molecule has 0 fully saturated rings. The van der Waals surface area contributed by atoms with E-state index in [2.05, 4.69) is 30.6 Å². The standard InChI is InChI=1S/C29H30ClN3O2S/c1-16-10-17(2)27(18(3)11-16)33-24(35)15-36-28-21(14-31)25(19-6-8-20(30)9-7-19)26-22(32-28)12-29(4,5)13-23(26)34/h6-11,25,32H,12-13,15H2,1-5H3,(H,33,35). The number of nitrogens with one attached hydrogen (secondary N) is 2. The molecule has 1 heterocycles. The van der Waals surface area contributed by atoms with Crippen molar-refractivity contribution in [1.29, 1.82) is 5.26 Å². The lowest BCUT2D eigenvalue weighted by Gasteiger charge is -2.39. The molecule has 1 amide bonds. The van der Waals surface area contributed by atoms with E-state index in [1.54, 1.807) is 12.1 Å². The molecule has 1 aliphatic heterocycles. The fourth-order valence-electron chi connectivity index (χ4n) is 5.17. The molecule has 0 saturated carbocycles. The Kier molecular flexibility index (Phi) is 7.36. The predicted octanol–water partition coefficient (Wildman–Crippen LogP) is 6.70. The van der Waals surface area contributed by atoms with E-state index in [0.29, 0.717) is 34.0 Å². The molecule has 4 rings (SSSR count). The summed E-state index contributed by atoms with van der Waals surface area (Å²) in [4.78, 5) is 26.2. The number of aryl methyl sites for hydroxylation is 3. The molecule has 2 aliphatic rings. The zero-order valence-corrected chi connectivity index (χ0v) is 22.8. The first-order valence-corrected chi connectivity index (χ1v) is 13.3. The van der Waals surface area contributed by atoms with Crippen molar-refractivity contribution in [1.82, 2.24) is 5.32 Å². The van der Waals surface area contributed by atoms with E-state index in [9.17, 15) is 14.9 Å². The Morgan fingerprint density at radius 2 is 1.81 bits per heavy atom. The average Bonchev–Trinajstić information content (AvgIpc) is 2.78. The monoisotopic (exact) mass is 519 g/mol. The normalized spacial score (nSPS) is 18.9. The van der Waals surface area contributed by atoms with E-state index < -0.39 is 5.92 Å². The van der Waals surface area contributed by atoms with E-state index in [1.165, 1.54) is 11.8 Å². The summed E-state index contributed by atoms with van der Waals surface area (Å²) in [7, 11) is 0. The highest BCUT2D eigenvalue weighted by atomic mass is 35.5. The van der Waals surface area contributed by atoms with Crippen LogP contribution in [0.3, 0.4) is 0 Å². The summed E-state index contributed by atoms with van der Waals surface area (Å²) in [6.07, 6.45) is 1.12. The molecule has 0 spiro atoms. The quantitative estimate of drug-likeness (QED) is 0.459. The first-order valence-electron chi connectivity index (χ1n) is 11.9. The van der Waals surface area contributed by atoms with Crippen molar-refractivity contribution in [3.63, 3.8) is 0 Å². The lowest BCUT2D eigenvalue weighted by Crippen LogP contribution is -2.37. The molecule has 36 heavy (non-hydrogen) atoms. The SMILES string of the molecule is Cc1cc(C)c(NC(=O)CSC2=C(C#N)C(c3ccc(Cl)cc3)C3=C(CC(C)(C)CC3=O)N2)c(C)c1. The zero-order valence-electron chi connectivity index (χ0n) is 21.2. The van der Waals surface area contributed by atoms with Crippen molar-refractivity contribution >= 4 is 40.7 Å². The van der Waals surface area contributed by atoms with Crippen LogP contribution < -0.4 is 10.6 Å². The number of benzene rings is 2. The Morgan fingerprint density at radius 3 is 2.42 bits per heavy atom. The van der Waals surface area contributed by atoms with Gasteiger partial charge in [-0.05, 0) is 61.4 Å². The van der Waals surface area contributed by atoms with Crippen LogP contribution in [0.1, 0.15) is 54.9 Å². The van der Waals surface area contributed by atoms with Gasteiger partial charge in [0.05, 0.1) is 28.3 Å². The highest BCUT2D eigenvalue weighted by Gasteiger charge is 2.42. The van der Waals surface area contributed by atoms with E-state index in [0.717, 1.165) is 33.6 Å². The third kappa shape index (κ3) is 5.38. The Bertz CT molecular complexity index is 1330. The molecule has 5 nitrogen and oxygen atoms in total. The third-order valence-electron chi connectivity index (χ3n) is 6.62. The van der Waals surface area contributed by atoms with Crippen LogP contribution in [0.2, 0.25) is 5.02 Å². The van der Waals surface area contributed by atoms with Gasteiger partial charge in [0, 0.05) is 28.4 Å². The first kappa shape index (κ1) is 26.1. The second kappa shape index (κ2) is 10.2. The summed E-state index contributed by atoms with van der Waals surface area (Å²) in [5.74, 6) is -0.453. The van der Waals surface area contributed by atoms with Crippen LogP contribution in [0.5, 0.6) is 0 Å².